The van der Waals surface area contributed by atoms with Crippen LogP contribution in [0.3, 0.4) is 0 Å². The molecule has 1 rings (SSSR count). The summed E-state index contributed by atoms with van der Waals surface area (Å²) >= 11 is 0. The third kappa shape index (κ3) is 2.45. The first-order chi connectivity index (χ1) is 5.44. The molecule has 0 N–H and O–H groups in total. The molecule has 3 heteroatoms. The normalized spacial score (nSPS) is 33.6. The summed E-state index contributed by atoms with van der Waals surface area (Å²) in [5.74, 6) is 0.589. The van der Waals surface area contributed by atoms with E-state index >= 15 is 0 Å². The summed E-state index contributed by atoms with van der Waals surface area (Å²) in [6.07, 6.45) is 2.30. The Labute approximate surface area is 75.5 Å². The van der Waals surface area contributed by atoms with Crippen molar-refractivity contribution in [1.29, 1.82) is 0 Å². The SMILES string of the molecule is CC(=O)OP1CC1(C)CC(C)C. The Morgan fingerprint density at radius 3 is 2.67 bits per heavy atom. The maximum atomic E-state index is 10.7. The Balaban J connectivity index is 2.32. The summed E-state index contributed by atoms with van der Waals surface area (Å²) in [5, 5.41) is 0.342. The van der Waals surface area contributed by atoms with E-state index < -0.39 is 8.15 Å². The molecule has 1 aliphatic rings. The van der Waals surface area contributed by atoms with E-state index in [-0.39, 0.29) is 5.97 Å². The molecule has 1 fully saturated rings. The van der Waals surface area contributed by atoms with Gasteiger partial charge in [-0.25, -0.2) is 0 Å². The van der Waals surface area contributed by atoms with Gasteiger partial charge in [0.2, 0.25) is 0 Å². The lowest BCUT2D eigenvalue weighted by atomic mass is 10.0. The van der Waals surface area contributed by atoms with Gasteiger partial charge in [0.05, 0.1) is 8.15 Å². The fraction of sp³-hybridized carbons (Fsp3) is 0.889. The summed E-state index contributed by atoms with van der Waals surface area (Å²) in [5.41, 5.74) is 0. The van der Waals surface area contributed by atoms with Crippen molar-refractivity contribution in [2.75, 3.05) is 6.16 Å². The van der Waals surface area contributed by atoms with Gasteiger partial charge in [0.25, 0.3) is 0 Å². The Hall–Kier alpha value is -0.100. The lowest BCUT2D eigenvalue weighted by Crippen LogP contribution is -2.07. The molecule has 0 aromatic carbocycles. The van der Waals surface area contributed by atoms with Crippen molar-refractivity contribution in [3.8, 4) is 0 Å². The van der Waals surface area contributed by atoms with E-state index in [1.807, 2.05) is 0 Å². The number of carbonyl (C=O) groups excluding carboxylic acids is 1. The number of hydrogen-bond acceptors (Lipinski definition) is 2. The van der Waals surface area contributed by atoms with Crippen molar-refractivity contribution in [3.05, 3.63) is 0 Å². The van der Waals surface area contributed by atoms with Gasteiger partial charge in [0.15, 0.2) is 0 Å². The van der Waals surface area contributed by atoms with Gasteiger partial charge in [-0.3, -0.25) is 4.79 Å². The van der Waals surface area contributed by atoms with Crippen molar-refractivity contribution in [2.45, 2.75) is 39.3 Å². The third-order valence-electron chi connectivity index (χ3n) is 2.07. The first-order valence-electron chi connectivity index (χ1n) is 4.40. The highest BCUT2D eigenvalue weighted by Crippen LogP contribution is 2.71. The fourth-order valence-electron chi connectivity index (χ4n) is 1.62. The molecule has 1 saturated heterocycles. The van der Waals surface area contributed by atoms with Crippen molar-refractivity contribution in [1.82, 2.24) is 0 Å². The van der Waals surface area contributed by atoms with E-state index in [9.17, 15) is 4.79 Å². The Morgan fingerprint density at radius 2 is 2.25 bits per heavy atom. The molecule has 70 valence electrons. The summed E-state index contributed by atoms with van der Waals surface area (Å²) in [7, 11) is -0.417. The van der Waals surface area contributed by atoms with Gasteiger partial charge in [0, 0.05) is 18.2 Å². The van der Waals surface area contributed by atoms with Crippen LogP contribution in [0.15, 0.2) is 0 Å². The number of rotatable bonds is 3. The predicted molar refractivity (Wildman–Crippen MR) is 51.4 cm³/mol. The maximum Gasteiger partial charge on any atom is 0.305 e. The molecule has 0 amide bonds. The summed E-state index contributed by atoms with van der Waals surface area (Å²) in [6, 6.07) is 0. The lowest BCUT2D eigenvalue weighted by Gasteiger charge is -2.12. The molecule has 2 unspecified atom stereocenters. The van der Waals surface area contributed by atoms with Crippen LogP contribution in [0, 0.1) is 5.92 Å². The van der Waals surface area contributed by atoms with E-state index in [1.165, 1.54) is 13.3 Å². The molecule has 0 aromatic rings. The minimum absolute atomic E-state index is 0.117. The van der Waals surface area contributed by atoms with E-state index in [4.69, 9.17) is 4.52 Å². The van der Waals surface area contributed by atoms with E-state index in [2.05, 4.69) is 20.8 Å². The van der Waals surface area contributed by atoms with E-state index in [1.54, 1.807) is 0 Å². The van der Waals surface area contributed by atoms with Gasteiger partial charge in [-0.05, 0) is 12.3 Å². The Kier molecular flexibility index (Phi) is 2.77. The zero-order chi connectivity index (χ0) is 9.35. The van der Waals surface area contributed by atoms with Gasteiger partial charge in [-0.2, -0.15) is 0 Å². The van der Waals surface area contributed by atoms with Crippen molar-refractivity contribution in [3.63, 3.8) is 0 Å². The summed E-state index contributed by atoms with van der Waals surface area (Å²) in [4.78, 5) is 10.7. The minimum atomic E-state index is -0.417. The second kappa shape index (κ2) is 3.33. The van der Waals surface area contributed by atoms with Crippen LogP contribution in [0.2, 0.25) is 0 Å². The van der Waals surface area contributed by atoms with Crippen LogP contribution in [0.4, 0.5) is 0 Å². The van der Waals surface area contributed by atoms with Crippen LogP contribution in [0.5, 0.6) is 0 Å². The topological polar surface area (TPSA) is 26.3 Å². The lowest BCUT2D eigenvalue weighted by molar-refractivity contribution is -0.131. The third-order valence-corrected chi connectivity index (χ3v) is 4.70. The smallest absolute Gasteiger partial charge is 0.305 e. The molecule has 0 aliphatic carbocycles. The molecule has 0 radical (unpaired) electrons. The predicted octanol–water partition coefficient (Wildman–Crippen LogP) is 2.76. The average molecular weight is 188 g/mol. The number of hydrogen-bond donors (Lipinski definition) is 0. The molecule has 0 spiro atoms. The molecule has 0 aromatic heterocycles. The van der Waals surface area contributed by atoms with E-state index in [0.29, 0.717) is 11.1 Å². The van der Waals surface area contributed by atoms with Crippen LogP contribution < -0.4 is 0 Å². The summed E-state index contributed by atoms with van der Waals surface area (Å²) < 4.78 is 5.20. The zero-order valence-corrected chi connectivity index (χ0v) is 9.15. The molecule has 12 heavy (non-hydrogen) atoms. The molecule has 2 nitrogen and oxygen atoms in total. The highest BCUT2D eigenvalue weighted by Gasteiger charge is 2.53. The van der Waals surface area contributed by atoms with Crippen molar-refractivity contribution < 1.29 is 9.32 Å². The first-order valence-corrected chi connectivity index (χ1v) is 5.85. The van der Waals surface area contributed by atoms with Crippen LogP contribution >= 0.6 is 8.15 Å². The van der Waals surface area contributed by atoms with Crippen LogP contribution in [0.25, 0.3) is 0 Å². The highest BCUT2D eigenvalue weighted by atomic mass is 31.2. The fourth-order valence-corrected chi connectivity index (χ4v) is 3.63. The average Bonchev–Trinajstić information content (AvgIpc) is 2.36. The van der Waals surface area contributed by atoms with Crippen LogP contribution in [0.1, 0.15) is 34.1 Å². The highest BCUT2D eigenvalue weighted by molar-refractivity contribution is 7.63. The largest absolute Gasteiger partial charge is 0.445 e. The molecule has 1 aliphatic heterocycles. The summed E-state index contributed by atoms with van der Waals surface area (Å²) in [6.45, 7) is 8.15. The minimum Gasteiger partial charge on any atom is -0.445 e. The van der Waals surface area contributed by atoms with Crippen LogP contribution in [-0.2, 0) is 9.32 Å². The second-order valence-corrected chi connectivity index (χ2v) is 6.55. The van der Waals surface area contributed by atoms with Gasteiger partial charge in [-0.1, -0.05) is 20.8 Å². The molecule has 0 saturated carbocycles. The monoisotopic (exact) mass is 188 g/mol. The quantitative estimate of drug-likeness (QED) is 0.636. The second-order valence-electron chi connectivity index (χ2n) is 4.21. The Morgan fingerprint density at radius 1 is 1.67 bits per heavy atom. The maximum absolute atomic E-state index is 10.7. The van der Waals surface area contributed by atoms with E-state index in [0.717, 1.165) is 6.16 Å². The number of carbonyl (C=O) groups is 1. The molecular formula is C9H17O2P. The Bertz CT molecular complexity index is 191. The molecule has 1 heterocycles. The molecule has 0 bridgehead atoms. The van der Waals surface area contributed by atoms with Crippen molar-refractivity contribution >= 4 is 14.1 Å². The zero-order valence-electron chi connectivity index (χ0n) is 8.26. The van der Waals surface area contributed by atoms with Gasteiger partial charge in [0.1, 0.15) is 0 Å². The molecule has 2 atom stereocenters. The van der Waals surface area contributed by atoms with Gasteiger partial charge >= 0.3 is 5.97 Å². The van der Waals surface area contributed by atoms with Crippen LogP contribution in [-0.4, -0.2) is 17.3 Å². The van der Waals surface area contributed by atoms with Crippen molar-refractivity contribution in [2.24, 2.45) is 5.92 Å². The first kappa shape index (κ1) is 9.98. The van der Waals surface area contributed by atoms with Gasteiger partial charge < -0.3 is 4.52 Å². The van der Waals surface area contributed by atoms with Gasteiger partial charge in [-0.15, -0.1) is 0 Å². The standard InChI is InChI=1S/C9H17O2P/c1-7(2)5-9(4)6-12(9)11-8(3)10/h7H,5-6H2,1-4H3. The molecular weight excluding hydrogens is 171 g/mol.